The van der Waals surface area contributed by atoms with Crippen LogP contribution in [-0.4, -0.2) is 30.5 Å². The van der Waals surface area contributed by atoms with Gasteiger partial charge in [-0.25, -0.2) is 4.79 Å². The Hall–Kier alpha value is -3.65. The van der Waals surface area contributed by atoms with Crippen molar-refractivity contribution in [3.05, 3.63) is 71.6 Å². The summed E-state index contributed by atoms with van der Waals surface area (Å²) in [5.41, 5.74) is 7.25. The fourth-order valence-electron chi connectivity index (χ4n) is 2.68. The van der Waals surface area contributed by atoms with E-state index in [0.29, 0.717) is 10.8 Å². The number of nitrogens with one attached hydrogen (secondary N) is 1. The molecule has 0 aliphatic rings. The van der Waals surface area contributed by atoms with Crippen LogP contribution < -0.4 is 15.8 Å². The van der Waals surface area contributed by atoms with Crippen molar-refractivity contribution >= 4 is 34.1 Å². The number of para-hydroxylation sites is 1. The molecule has 0 radical (unpaired) electrons. The summed E-state index contributed by atoms with van der Waals surface area (Å²) in [6.07, 6.45) is -1.08. The number of thiophene rings is 1. The number of benzene rings is 2. The first-order chi connectivity index (χ1) is 14.5. The van der Waals surface area contributed by atoms with Crippen LogP contribution in [0.1, 0.15) is 17.3 Å². The van der Waals surface area contributed by atoms with E-state index in [-0.39, 0.29) is 12.2 Å². The Balaban J connectivity index is 1.57. The van der Waals surface area contributed by atoms with Crippen molar-refractivity contribution in [3.8, 4) is 16.9 Å². The van der Waals surface area contributed by atoms with Gasteiger partial charge in [-0.15, -0.1) is 11.3 Å². The van der Waals surface area contributed by atoms with Gasteiger partial charge in [0.1, 0.15) is 10.8 Å². The molecule has 1 aromatic heterocycles. The molecule has 7 nitrogen and oxygen atoms in total. The van der Waals surface area contributed by atoms with E-state index in [1.165, 1.54) is 13.0 Å². The molecule has 1 unspecified atom stereocenters. The molecule has 1 atom stereocenters. The number of ether oxygens (including phenoxy) is 2. The zero-order valence-corrected chi connectivity index (χ0v) is 17.0. The van der Waals surface area contributed by atoms with Gasteiger partial charge in [0.05, 0.1) is 5.56 Å². The molecule has 3 aromatic rings. The summed E-state index contributed by atoms with van der Waals surface area (Å²) < 4.78 is 10.8. The molecule has 154 valence electrons. The van der Waals surface area contributed by atoms with Gasteiger partial charge in [0.15, 0.2) is 12.7 Å². The zero-order valence-electron chi connectivity index (χ0n) is 16.2. The monoisotopic (exact) mass is 424 g/mol. The average molecular weight is 424 g/mol. The highest BCUT2D eigenvalue weighted by molar-refractivity contribution is 7.14. The minimum atomic E-state index is -1.08. The number of esters is 1. The molecule has 3 rings (SSSR count). The van der Waals surface area contributed by atoms with E-state index in [4.69, 9.17) is 15.2 Å². The van der Waals surface area contributed by atoms with Crippen LogP contribution in [0.15, 0.2) is 66.0 Å². The van der Waals surface area contributed by atoms with Crippen molar-refractivity contribution in [3.63, 3.8) is 0 Å². The summed E-state index contributed by atoms with van der Waals surface area (Å²) in [4.78, 5) is 35.8. The first-order valence-electron chi connectivity index (χ1n) is 9.10. The fourth-order valence-corrected chi connectivity index (χ4v) is 3.48. The number of rotatable bonds is 8. The lowest BCUT2D eigenvalue weighted by molar-refractivity contribution is -0.155. The van der Waals surface area contributed by atoms with Crippen molar-refractivity contribution < 1.29 is 23.9 Å². The maximum absolute atomic E-state index is 12.3. The minimum Gasteiger partial charge on any atom is -0.481 e. The molecule has 0 aliphatic heterocycles. The van der Waals surface area contributed by atoms with Crippen LogP contribution in [0.2, 0.25) is 0 Å². The lowest BCUT2D eigenvalue weighted by atomic mass is 10.1. The molecule has 0 saturated heterocycles. The van der Waals surface area contributed by atoms with Gasteiger partial charge in [0.2, 0.25) is 0 Å². The molecular formula is C22H20N2O5S. The van der Waals surface area contributed by atoms with E-state index < -0.39 is 23.9 Å². The second-order valence-electron chi connectivity index (χ2n) is 6.30. The van der Waals surface area contributed by atoms with Gasteiger partial charge in [-0.3, -0.25) is 9.59 Å². The maximum atomic E-state index is 12.3. The lowest BCUT2D eigenvalue weighted by Gasteiger charge is -2.15. The van der Waals surface area contributed by atoms with E-state index in [0.717, 1.165) is 22.5 Å². The van der Waals surface area contributed by atoms with Crippen molar-refractivity contribution in [1.29, 1.82) is 0 Å². The van der Waals surface area contributed by atoms with Crippen LogP contribution >= 0.6 is 11.3 Å². The van der Waals surface area contributed by atoms with Gasteiger partial charge in [-0.1, -0.05) is 48.5 Å². The van der Waals surface area contributed by atoms with Crippen LogP contribution in [0.25, 0.3) is 11.1 Å². The Morgan fingerprint density at radius 1 is 1.03 bits per heavy atom. The number of hydrogen-bond acceptors (Lipinski definition) is 6. The molecular weight excluding hydrogens is 404 g/mol. The fraction of sp³-hybridized carbons (Fsp3) is 0.136. The zero-order chi connectivity index (χ0) is 21.5. The third kappa shape index (κ3) is 5.24. The predicted octanol–water partition coefficient (Wildman–Crippen LogP) is 3.46. The second kappa shape index (κ2) is 9.71. The van der Waals surface area contributed by atoms with E-state index in [1.54, 1.807) is 17.5 Å². The Morgan fingerprint density at radius 2 is 1.73 bits per heavy atom. The minimum absolute atomic E-state index is 0.202. The molecule has 30 heavy (non-hydrogen) atoms. The largest absolute Gasteiger partial charge is 0.481 e. The van der Waals surface area contributed by atoms with Crippen molar-refractivity contribution in [2.45, 2.75) is 13.0 Å². The highest BCUT2D eigenvalue weighted by Crippen LogP contribution is 2.29. The van der Waals surface area contributed by atoms with E-state index >= 15 is 0 Å². The van der Waals surface area contributed by atoms with Gasteiger partial charge in [-0.05, 0) is 30.0 Å². The quantitative estimate of drug-likeness (QED) is 0.539. The summed E-state index contributed by atoms with van der Waals surface area (Å²) in [5, 5.41) is 4.48. The molecule has 0 bridgehead atoms. The Morgan fingerprint density at radius 3 is 2.47 bits per heavy atom. The molecule has 0 saturated carbocycles. The Bertz CT molecular complexity index is 1050. The first kappa shape index (κ1) is 21.1. The summed E-state index contributed by atoms with van der Waals surface area (Å²) in [6.45, 7) is 1.08. The topological polar surface area (TPSA) is 108 Å². The molecule has 1 heterocycles. The van der Waals surface area contributed by atoms with E-state index in [9.17, 15) is 14.4 Å². The molecule has 8 heteroatoms. The summed E-state index contributed by atoms with van der Waals surface area (Å²) in [7, 11) is 0. The van der Waals surface area contributed by atoms with Crippen LogP contribution in [-0.2, 0) is 14.3 Å². The number of anilines is 1. The number of carbonyl (C=O) groups excluding carboxylic acids is 3. The van der Waals surface area contributed by atoms with E-state index in [1.807, 2.05) is 42.5 Å². The summed E-state index contributed by atoms with van der Waals surface area (Å²) in [5.74, 6) is -1.39. The van der Waals surface area contributed by atoms with Gasteiger partial charge < -0.3 is 20.5 Å². The van der Waals surface area contributed by atoms with Gasteiger partial charge in [-0.2, -0.15) is 0 Å². The van der Waals surface area contributed by atoms with Crippen molar-refractivity contribution in [1.82, 2.24) is 0 Å². The predicted molar refractivity (Wildman–Crippen MR) is 114 cm³/mol. The lowest BCUT2D eigenvalue weighted by Crippen LogP contribution is -2.32. The van der Waals surface area contributed by atoms with E-state index in [2.05, 4.69) is 5.32 Å². The third-order valence-electron chi connectivity index (χ3n) is 4.16. The number of amides is 2. The third-order valence-corrected chi connectivity index (χ3v) is 4.99. The summed E-state index contributed by atoms with van der Waals surface area (Å²) in [6, 6.07) is 18.5. The van der Waals surface area contributed by atoms with Gasteiger partial charge in [0, 0.05) is 5.56 Å². The smallest absolute Gasteiger partial charge is 0.344 e. The van der Waals surface area contributed by atoms with Crippen molar-refractivity contribution in [2.75, 3.05) is 11.9 Å². The second-order valence-corrected chi connectivity index (χ2v) is 7.22. The van der Waals surface area contributed by atoms with Crippen LogP contribution in [0, 0.1) is 0 Å². The average Bonchev–Trinajstić information content (AvgIpc) is 3.21. The van der Waals surface area contributed by atoms with Crippen LogP contribution in [0.5, 0.6) is 5.75 Å². The van der Waals surface area contributed by atoms with Gasteiger partial charge in [0.25, 0.3) is 11.8 Å². The SMILES string of the molecule is CC(OC(=O)COc1ccccc1-c1ccccc1)C(=O)Nc1sccc1C(N)=O. The highest BCUT2D eigenvalue weighted by Gasteiger charge is 2.21. The molecule has 2 aromatic carbocycles. The summed E-state index contributed by atoms with van der Waals surface area (Å²) >= 11 is 1.15. The van der Waals surface area contributed by atoms with Crippen LogP contribution in [0.4, 0.5) is 5.00 Å². The molecule has 0 aliphatic carbocycles. The highest BCUT2D eigenvalue weighted by atomic mass is 32.1. The normalized spacial score (nSPS) is 11.4. The number of primary amides is 1. The molecule has 0 spiro atoms. The molecule has 3 N–H and O–H groups in total. The standard InChI is InChI=1S/C22H20N2O5S/c1-14(21(27)24-22-17(20(23)26)11-12-30-22)29-19(25)13-28-18-10-6-5-9-16(18)15-7-3-2-4-8-15/h2-12,14H,13H2,1H3,(H2,23,26)(H,24,27). The Labute approximate surface area is 177 Å². The first-order valence-corrected chi connectivity index (χ1v) is 9.98. The molecule has 2 amide bonds. The number of hydrogen-bond donors (Lipinski definition) is 2. The van der Waals surface area contributed by atoms with Gasteiger partial charge >= 0.3 is 5.97 Å². The van der Waals surface area contributed by atoms with Crippen LogP contribution in [0.3, 0.4) is 0 Å². The number of nitrogens with two attached hydrogens (primary N) is 1. The van der Waals surface area contributed by atoms with Crippen molar-refractivity contribution in [2.24, 2.45) is 5.73 Å². The number of carbonyl (C=O) groups is 3. The Kier molecular flexibility index (Phi) is 6.82. The maximum Gasteiger partial charge on any atom is 0.344 e. The molecule has 0 fully saturated rings.